The second kappa shape index (κ2) is 6.13. The van der Waals surface area contributed by atoms with Crippen LogP contribution in [0.15, 0.2) is 60.7 Å². The molecule has 23 heavy (non-hydrogen) atoms. The van der Waals surface area contributed by atoms with Gasteiger partial charge in [0.05, 0.1) is 11.6 Å². The molecule has 5 heteroatoms. The van der Waals surface area contributed by atoms with E-state index in [-0.39, 0.29) is 18.6 Å². The number of carboxylic acid groups (broad SMARTS) is 1. The Labute approximate surface area is 134 Å². The molecule has 0 radical (unpaired) electrons. The number of benzene rings is 2. The second-order valence-electron chi connectivity index (χ2n) is 5.72. The summed E-state index contributed by atoms with van der Waals surface area (Å²) in [7, 11) is -3.37. The molecule has 118 valence electrons. The molecule has 0 heterocycles. The van der Waals surface area contributed by atoms with Crippen LogP contribution in [0.1, 0.15) is 12.8 Å². The molecular formula is C18H17O4P. The number of aliphatic carboxylic acids is 1. The first-order chi connectivity index (χ1) is 11.0. The van der Waals surface area contributed by atoms with Crippen LogP contribution in [0.25, 0.3) is 0 Å². The minimum absolute atomic E-state index is 0.172. The number of hydrogen-bond donors (Lipinski definition) is 1. The number of carboxylic acids is 1. The van der Waals surface area contributed by atoms with Gasteiger partial charge in [-0.05, 0) is 6.42 Å². The summed E-state index contributed by atoms with van der Waals surface area (Å²) in [5, 5.41) is 10.6. The van der Waals surface area contributed by atoms with Crippen LogP contribution >= 0.6 is 7.14 Å². The highest BCUT2D eigenvalue weighted by Gasteiger charge is 2.51. The lowest BCUT2D eigenvalue weighted by molar-refractivity contribution is -0.141. The van der Waals surface area contributed by atoms with E-state index in [0.29, 0.717) is 10.6 Å². The van der Waals surface area contributed by atoms with E-state index in [1.165, 1.54) is 0 Å². The minimum Gasteiger partial charge on any atom is -0.481 e. The van der Waals surface area contributed by atoms with E-state index in [2.05, 4.69) is 0 Å². The molecule has 2 unspecified atom stereocenters. The molecule has 2 aromatic rings. The summed E-state index contributed by atoms with van der Waals surface area (Å²) in [5.41, 5.74) is -0.982. The maximum absolute atomic E-state index is 14.1. The summed E-state index contributed by atoms with van der Waals surface area (Å²) in [6, 6.07) is 17.6. The molecule has 1 saturated carbocycles. The maximum Gasteiger partial charge on any atom is 0.307 e. The van der Waals surface area contributed by atoms with E-state index in [0.717, 1.165) is 0 Å². The first-order valence-electron chi connectivity index (χ1n) is 7.51. The topological polar surface area (TPSA) is 71.4 Å². The van der Waals surface area contributed by atoms with Crippen LogP contribution in [0.2, 0.25) is 0 Å². The van der Waals surface area contributed by atoms with Gasteiger partial charge in [-0.3, -0.25) is 9.59 Å². The number of carbonyl (C=O) groups is 2. The summed E-state index contributed by atoms with van der Waals surface area (Å²) in [6.07, 6.45) is 0.424. The zero-order valence-electron chi connectivity index (χ0n) is 12.5. The molecular weight excluding hydrogens is 311 g/mol. The second-order valence-corrected chi connectivity index (χ2v) is 8.63. The van der Waals surface area contributed by atoms with Crippen molar-refractivity contribution in [1.82, 2.24) is 0 Å². The number of hydrogen-bond acceptors (Lipinski definition) is 3. The van der Waals surface area contributed by atoms with E-state index >= 15 is 0 Å². The van der Waals surface area contributed by atoms with Crippen molar-refractivity contribution in [1.29, 1.82) is 0 Å². The van der Waals surface area contributed by atoms with Gasteiger partial charge in [0.15, 0.2) is 7.14 Å². The smallest absolute Gasteiger partial charge is 0.307 e. The molecule has 0 aromatic heterocycles. The Kier molecular flexibility index (Phi) is 4.18. The molecule has 1 fully saturated rings. The van der Waals surface area contributed by atoms with Gasteiger partial charge in [-0.15, -0.1) is 0 Å². The van der Waals surface area contributed by atoms with Gasteiger partial charge in [-0.2, -0.15) is 0 Å². The van der Waals surface area contributed by atoms with Crippen LogP contribution in [0, 0.1) is 5.92 Å². The average molecular weight is 328 g/mol. The summed E-state index contributed by atoms with van der Waals surface area (Å²) < 4.78 is 14.1. The van der Waals surface area contributed by atoms with Gasteiger partial charge in [0, 0.05) is 17.0 Å². The zero-order chi connectivity index (χ0) is 16.4. The van der Waals surface area contributed by atoms with Crippen molar-refractivity contribution in [2.45, 2.75) is 18.5 Å². The third-order valence-electron chi connectivity index (χ3n) is 4.40. The van der Waals surface area contributed by atoms with Gasteiger partial charge in [-0.25, -0.2) is 0 Å². The Morgan fingerprint density at radius 3 is 1.87 bits per heavy atom. The van der Waals surface area contributed by atoms with Crippen molar-refractivity contribution in [2.75, 3.05) is 0 Å². The van der Waals surface area contributed by atoms with Crippen molar-refractivity contribution in [3.63, 3.8) is 0 Å². The minimum atomic E-state index is -3.37. The predicted molar refractivity (Wildman–Crippen MR) is 88.9 cm³/mol. The molecule has 1 aliphatic carbocycles. The third-order valence-corrected chi connectivity index (χ3v) is 7.96. The maximum atomic E-state index is 14.1. The van der Waals surface area contributed by atoms with Gasteiger partial charge in [0.2, 0.25) is 0 Å². The zero-order valence-corrected chi connectivity index (χ0v) is 13.4. The van der Waals surface area contributed by atoms with Gasteiger partial charge in [0.25, 0.3) is 0 Å². The SMILES string of the molecule is O=C(O)C1CCC(=O)C1P(=O)(c1ccccc1)c1ccccc1. The van der Waals surface area contributed by atoms with Crippen LogP contribution in [0.5, 0.6) is 0 Å². The summed E-state index contributed by atoms with van der Waals surface area (Å²) in [6.45, 7) is 0. The quantitative estimate of drug-likeness (QED) is 0.875. The van der Waals surface area contributed by atoms with Gasteiger partial charge >= 0.3 is 5.97 Å². The Hall–Kier alpha value is -2.19. The van der Waals surface area contributed by atoms with Crippen molar-refractivity contribution < 1.29 is 19.3 Å². The fourth-order valence-electron chi connectivity index (χ4n) is 3.31. The lowest BCUT2D eigenvalue weighted by Gasteiger charge is -2.27. The molecule has 2 atom stereocenters. The number of carbonyl (C=O) groups excluding carboxylic acids is 1. The van der Waals surface area contributed by atoms with E-state index in [1.54, 1.807) is 48.5 Å². The van der Waals surface area contributed by atoms with Crippen molar-refractivity contribution in [3.8, 4) is 0 Å². The molecule has 0 saturated heterocycles. The Bertz CT molecular complexity index is 727. The molecule has 2 aromatic carbocycles. The molecule has 0 amide bonds. The van der Waals surface area contributed by atoms with Crippen LogP contribution in [0.4, 0.5) is 0 Å². The van der Waals surface area contributed by atoms with Crippen LogP contribution in [-0.2, 0) is 14.2 Å². The van der Waals surface area contributed by atoms with Crippen LogP contribution in [0.3, 0.4) is 0 Å². The van der Waals surface area contributed by atoms with E-state index in [4.69, 9.17) is 0 Å². The lowest BCUT2D eigenvalue weighted by Crippen LogP contribution is -2.35. The highest BCUT2D eigenvalue weighted by atomic mass is 31.2. The van der Waals surface area contributed by atoms with Crippen LogP contribution < -0.4 is 10.6 Å². The summed E-state index contributed by atoms with van der Waals surface area (Å²) in [5.74, 6) is -2.16. The largest absolute Gasteiger partial charge is 0.481 e. The standard InChI is InChI=1S/C18H17O4P/c19-16-12-11-15(18(20)21)17(16)23(22,13-7-3-1-4-8-13)14-9-5-2-6-10-14/h1-10,15,17H,11-12H2,(H,20,21). The molecule has 3 rings (SSSR count). The summed E-state index contributed by atoms with van der Waals surface area (Å²) in [4.78, 5) is 24.0. The Morgan fingerprint density at radius 2 is 1.43 bits per heavy atom. The van der Waals surface area contributed by atoms with Gasteiger partial charge < -0.3 is 9.67 Å². The normalized spacial score (nSPS) is 21.3. The molecule has 0 spiro atoms. The highest BCUT2D eigenvalue weighted by molar-refractivity contribution is 7.80. The fourth-order valence-corrected chi connectivity index (χ4v) is 6.80. The van der Waals surface area contributed by atoms with E-state index in [1.807, 2.05) is 12.1 Å². The molecule has 4 nitrogen and oxygen atoms in total. The fraction of sp³-hybridized carbons (Fsp3) is 0.222. The first-order valence-corrected chi connectivity index (χ1v) is 9.29. The van der Waals surface area contributed by atoms with E-state index in [9.17, 15) is 19.3 Å². The number of Topliss-reactive ketones (excluding diaryl/α,β-unsaturated/α-hetero) is 1. The number of ketones is 1. The predicted octanol–water partition coefficient (Wildman–Crippen LogP) is 2.43. The third kappa shape index (κ3) is 2.64. The molecule has 0 bridgehead atoms. The van der Waals surface area contributed by atoms with E-state index < -0.39 is 24.7 Å². The highest BCUT2D eigenvalue weighted by Crippen LogP contribution is 2.55. The summed E-state index contributed by atoms with van der Waals surface area (Å²) >= 11 is 0. The Morgan fingerprint density at radius 1 is 0.957 bits per heavy atom. The first kappa shape index (κ1) is 15.7. The van der Waals surface area contributed by atoms with Crippen molar-refractivity contribution in [2.24, 2.45) is 5.92 Å². The molecule has 1 N–H and O–H groups in total. The van der Waals surface area contributed by atoms with Crippen LogP contribution in [-0.4, -0.2) is 22.5 Å². The molecule has 1 aliphatic rings. The monoisotopic (exact) mass is 328 g/mol. The van der Waals surface area contributed by atoms with Gasteiger partial charge in [-0.1, -0.05) is 60.7 Å². The van der Waals surface area contributed by atoms with Crippen molar-refractivity contribution in [3.05, 3.63) is 60.7 Å². The number of rotatable bonds is 4. The Balaban J connectivity index is 2.23. The van der Waals surface area contributed by atoms with Crippen molar-refractivity contribution >= 4 is 29.5 Å². The average Bonchev–Trinajstić information content (AvgIpc) is 2.98. The lowest BCUT2D eigenvalue weighted by atomic mass is 10.1. The molecule has 0 aliphatic heterocycles. The van der Waals surface area contributed by atoms with Gasteiger partial charge in [0.1, 0.15) is 5.78 Å².